The molecule has 0 bridgehead atoms. The molecule has 0 fully saturated rings. The van der Waals surface area contributed by atoms with E-state index in [0.717, 1.165) is 35.4 Å². The maximum atomic E-state index is 13.0. The van der Waals surface area contributed by atoms with Gasteiger partial charge in [-0.3, -0.25) is 14.5 Å². The van der Waals surface area contributed by atoms with Gasteiger partial charge in [0.05, 0.1) is 0 Å². The van der Waals surface area contributed by atoms with Crippen LogP contribution in [0.1, 0.15) is 42.7 Å². The standard InChI is InChI=1S/C22H20ClNO2/c1-14-5-7-15(8-6-14)18-13-21(26)24(17-11-9-16(23)10-12-17)19-3-2-4-20(25)22(18)19/h5-12,18H,2-4,13H2,1H3. The van der Waals surface area contributed by atoms with E-state index >= 15 is 0 Å². The Morgan fingerprint density at radius 2 is 1.65 bits per heavy atom. The number of hydrogen-bond acceptors (Lipinski definition) is 2. The van der Waals surface area contributed by atoms with Gasteiger partial charge >= 0.3 is 0 Å². The third-order valence-corrected chi connectivity index (χ3v) is 5.49. The van der Waals surface area contributed by atoms with Crippen LogP contribution in [0.5, 0.6) is 0 Å². The first-order valence-corrected chi connectivity index (χ1v) is 9.34. The molecule has 0 aromatic heterocycles. The zero-order chi connectivity index (χ0) is 18.3. The highest BCUT2D eigenvalue weighted by Gasteiger charge is 2.39. The Labute approximate surface area is 158 Å². The number of hydrogen-bond donors (Lipinski definition) is 0. The largest absolute Gasteiger partial charge is 0.294 e. The highest BCUT2D eigenvalue weighted by molar-refractivity contribution is 6.30. The van der Waals surface area contributed by atoms with E-state index in [1.54, 1.807) is 17.0 Å². The number of nitrogens with zero attached hydrogens (tertiary/aromatic N) is 1. The Balaban J connectivity index is 1.84. The summed E-state index contributed by atoms with van der Waals surface area (Å²) in [5.74, 6) is 0.0593. The Morgan fingerprint density at radius 3 is 2.35 bits per heavy atom. The third kappa shape index (κ3) is 2.97. The summed E-state index contributed by atoms with van der Waals surface area (Å²) in [6, 6.07) is 15.4. The van der Waals surface area contributed by atoms with E-state index in [0.29, 0.717) is 17.9 Å². The van der Waals surface area contributed by atoms with E-state index in [2.05, 4.69) is 0 Å². The van der Waals surface area contributed by atoms with Crippen molar-refractivity contribution in [1.82, 2.24) is 0 Å². The van der Waals surface area contributed by atoms with Crippen molar-refractivity contribution >= 4 is 29.0 Å². The van der Waals surface area contributed by atoms with Crippen LogP contribution in [-0.4, -0.2) is 11.7 Å². The Bertz CT molecular complexity index is 897. The van der Waals surface area contributed by atoms with Crippen LogP contribution in [0.15, 0.2) is 59.8 Å². The second-order valence-electron chi connectivity index (χ2n) is 7.01. The molecule has 4 heteroatoms. The number of rotatable bonds is 2. The van der Waals surface area contributed by atoms with E-state index < -0.39 is 0 Å². The van der Waals surface area contributed by atoms with Crippen molar-refractivity contribution in [3.63, 3.8) is 0 Å². The van der Waals surface area contributed by atoms with Gasteiger partial charge in [-0.25, -0.2) is 0 Å². The number of carbonyl (C=O) groups is 2. The minimum atomic E-state index is -0.144. The first kappa shape index (κ1) is 17.0. The lowest BCUT2D eigenvalue weighted by Gasteiger charge is -2.38. The molecule has 0 radical (unpaired) electrons. The van der Waals surface area contributed by atoms with Gasteiger partial charge in [0.1, 0.15) is 0 Å². The maximum Gasteiger partial charge on any atom is 0.232 e. The van der Waals surface area contributed by atoms with E-state index in [4.69, 9.17) is 11.6 Å². The van der Waals surface area contributed by atoms with Crippen LogP contribution in [0.25, 0.3) is 0 Å². The molecule has 1 atom stereocenters. The fourth-order valence-corrected chi connectivity index (χ4v) is 4.09. The van der Waals surface area contributed by atoms with Crippen LogP contribution in [-0.2, 0) is 9.59 Å². The number of benzene rings is 2. The zero-order valence-corrected chi connectivity index (χ0v) is 15.4. The van der Waals surface area contributed by atoms with E-state index in [1.165, 1.54) is 5.56 Å². The summed E-state index contributed by atoms with van der Waals surface area (Å²) < 4.78 is 0. The summed E-state index contributed by atoms with van der Waals surface area (Å²) in [5, 5.41) is 0.629. The van der Waals surface area contributed by atoms with Crippen molar-refractivity contribution in [2.75, 3.05) is 4.90 Å². The minimum Gasteiger partial charge on any atom is -0.294 e. The summed E-state index contributed by atoms with van der Waals surface area (Å²) in [6.07, 6.45) is 2.41. The average molecular weight is 366 g/mol. The predicted octanol–water partition coefficient (Wildman–Crippen LogP) is 5.18. The molecule has 1 aliphatic carbocycles. The van der Waals surface area contributed by atoms with Gasteiger partial charge in [-0.05, 0) is 49.6 Å². The fraction of sp³-hybridized carbons (Fsp3) is 0.273. The molecule has 0 spiro atoms. The van der Waals surface area contributed by atoms with Crippen LogP contribution in [0.2, 0.25) is 5.02 Å². The van der Waals surface area contributed by atoms with Crippen molar-refractivity contribution in [3.8, 4) is 0 Å². The molecule has 2 aromatic rings. The first-order chi connectivity index (χ1) is 12.5. The highest BCUT2D eigenvalue weighted by atomic mass is 35.5. The van der Waals surface area contributed by atoms with Gasteiger partial charge in [0.2, 0.25) is 5.91 Å². The van der Waals surface area contributed by atoms with Crippen molar-refractivity contribution in [2.45, 2.75) is 38.5 Å². The van der Waals surface area contributed by atoms with Crippen LogP contribution in [0.4, 0.5) is 5.69 Å². The SMILES string of the molecule is Cc1ccc(C2CC(=O)N(c3ccc(Cl)cc3)C3=C2C(=O)CCC3)cc1. The lowest BCUT2D eigenvalue weighted by atomic mass is 9.77. The predicted molar refractivity (Wildman–Crippen MR) is 103 cm³/mol. The molecule has 0 saturated heterocycles. The smallest absolute Gasteiger partial charge is 0.232 e. The number of Topliss-reactive ketones (excluding diaryl/α,β-unsaturated/α-hetero) is 1. The lowest BCUT2D eigenvalue weighted by molar-refractivity contribution is -0.119. The van der Waals surface area contributed by atoms with Gasteiger partial charge in [-0.15, -0.1) is 0 Å². The fourth-order valence-electron chi connectivity index (χ4n) is 3.97. The average Bonchev–Trinajstić information content (AvgIpc) is 2.63. The van der Waals surface area contributed by atoms with E-state index in [-0.39, 0.29) is 17.6 Å². The number of aryl methyl sites for hydroxylation is 1. The van der Waals surface area contributed by atoms with E-state index in [1.807, 2.05) is 43.3 Å². The van der Waals surface area contributed by atoms with Crippen LogP contribution >= 0.6 is 11.6 Å². The minimum absolute atomic E-state index is 0.0337. The van der Waals surface area contributed by atoms with Crippen molar-refractivity contribution in [1.29, 1.82) is 0 Å². The summed E-state index contributed by atoms with van der Waals surface area (Å²) in [4.78, 5) is 27.6. The molecule has 0 saturated carbocycles. The summed E-state index contributed by atoms with van der Waals surface area (Å²) in [5.41, 5.74) is 4.68. The van der Waals surface area contributed by atoms with Crippen LogP contribution in [0.3, 0.4) is 0 Å². The Morgan fingerprint density at radius 1 is 0.962 bits per heavy atom. The van der Waals surface area contributed by atoms with Gasteiger partial charge in [-0.2, -0.15) is 0 Å². The number of anilines is 1. The molecule has 2 aliphatic rings. The van der Waals surface area contributed by atoms with Gasteiger partial charge in [0, 0.05) is 40.7 Å². The summed E-state index contributed by atoms with van der Waals surface area (Å²) in [6.45, 7) is 2.04. The van der Waals surface area contributed by atoms with E-state index in [9.17, 15) is 9.59 Å². The van der Waals surface area contributed by atoms with Gasteiger partial charge in [-0.1, -0.05) is 41.4 Å². The molecule has 1 unspecified atom stereocenters. The quantitative estimate of drug-likeness (QED) is 0.735. The van der Waals surface area contributed by atoms with Crippen molar-refractivity contribution in [2.24, 2.45) is 0 Å². The Kier molecular flexibility index (Phi) is 4.41. The zero-order valence-electron chi connectivity index (χ0n) is 14.7. The molecule has 0 N–H and O–H groups in total. The van der Waals surface area contributed by atoms with Crippen molar-refractivity contribution in [3.05, 3.63) is 76.0 Å². The second kappa shape index (κ2) is 6.73. The lowest BCUT2D eigenvalue weighted by Crippen LogP contribution is -2.40. The Hall–Kier alpha value is -2.39. The second-order valence-corrected chi connectivity index (χ2v) is 7.45. The number of amides is 1. The molecular formula is C22H20ClNO2. The molecular weight excluding hydrogens is 346 g/mol. The molecule has 26 heavy (non-hydrogen) atoms. The summed E-state index contributed by atoms with van der Waals surface area (Å²) >= 11 is 5.99. The molecule has 4 rings (SSSR count). The number of allylic oxidation sites excluding steroid dienone is 2. The number of carbonyl (C=O) groups excluding carboxylic acids is 2. The van der Waals surface area contributed by atoms with Gasteiger partial charge < -0.3 is 0 Å². The molecule has 1 amide bonds. The molecule has 2 aromatic carbocycles. The highest BCUT2D eigenvalue weighted by Crippen LogP contribution is 2.43. The van der Waals surface area contributed by atoms with Crippen LogP contribution < -0.4 is 4.90 Å². The number of halogens is 1. The molecule has 3 nitrogen and oxygen atoms in total. The van der Waals surface area contributed by atoms with Crippen molar-refractivity contribution < 1.29 is 9.59 Å². The van der Waals surface area contributed by atoms with Gasteiger partial charge in [0.25, 0.3) is 0 Å². The molecule has 1 aliphatic heterocycles. The van der Waals surface area contributed by atoms with Gasteiger partial charge in [0.15, 0.2) is 5.78 Å². The summed E-state index contributed by atoms with van der Waals surface area (Å²) in [7, 11) is 0. The number of ketones is 1. The normalized spacial score (nSPS) is 20.4. The van der Waals surface area contributed by atoms with Crippen LogP contribution in [0, 0.1) is 6.92 Å². The maximum absolute atomic E-state index is 13.0. The molecule has 1 heterocycles. The topological polar surface area (TPSA) is 37.4 Å². The monoisotopic (exact) mass is 365 g/mol. The third-order valence-electron chi connectivity index (χ3n) is 5.24. The molecule has 132 valence electrons. The first-order valence-electron chi connectivity index (χ1n) is 8.96.